The van der Waals surface area contributed by atoms with Crippen LogP contribution in [-0.2, 0) is 0 Å². The van der Waals surface area contributed by atoms with Gasteiger partial charge in [-0.25, -0.2) is 0 Å². The van der Waals surface area contributed by atoms with Crippen molar-refractivity contribution < 1.29 is 17.3 Å². The van der Waals surface area contributed by atoms with Crippen molar-refractivity contribution in [2.24, 2.45) is 0 Å². The molecule has 0 aromatic heterocycles. The Kier molecular flexibility index (Phi) is 32.0. The van der Waals surface area contributed by atoms with E-state index >= 15 is 0 Å². The molecule has 0 nitrogen and oxygen atoms in total. The van der Waals surface area contributed by atoms with Crippen LogP contribution in [0.1, 0.15) is 182 Å². The topological polar surface area (TPSA) is 0 Å². The molecule has 0 heterocycles. The van der Waals surface area contributed by atoms with Crippen molar-refractivity contribution in [1.29, 1.82) is 0 Å². The molecule has 0 aliphatic carbocycles. The Labute approximate surface area is 238 Å². The molecule has 0 unspecified atom stereocenters. The quantitative estimate of drug-likeness (QED) is 0.0380. The lowest BCUT2D eigenvalue weighted by Crippen LogP contribution is -2.13. The largest absolute Gasteiger partial charge is 0.673 e. The molecule has 0 atom stereocenters. The van der Waals surface area contributed by atoms with Gasteiger partial charge in [-0.05, 0) is 51.4 Å². The molecule has 0 radical (unpaired) electrons. The summed E-state index contributed by atoms with van der Waals surface area (Å²) in [6.45, 7) is 9.38. The van der Waals surface area contributed by atoms with Gasteiger partial charge in [-0.2, -0.15) is 0 Å². The third kappa shape index (κ3) is 34.2. The maximum absolute atomic E-state index is 9.75. The van der Waals surface area contributed by atoms with Crippen LogP contribution in [0.3, 0.4) is 0 Å². The summed E-state index contributed by atoms with van der Waals surface area (Å²) in [4.78, 5) is 0. The van der Waals surface area contributed by atoms with Gasteiger partial charge in [0.25, 0.3) is 0 Å². The lowest BCUT2D eigenvalue weighted by molar-refractivity contribution is 0.368. The van der Waals surface area contributed by atoms with Gasteiger partial charge >= 0.3 is 7.25 Å². The average Bonchev–Trinajstić information content (AvgIpc) is 2.86. The van der Waals surface area contributed by atoms with E-state index in [9.17, 15) is 17.3 Å². The summed E-state index contributed by atoms with van der Waals surface area (Å²) in [5.41, 5.74) is 0. The average molecular weight is 571 g/mol. The standard InChI is InChI=1S/C32H68P.BF4/c1-5-9-13-17-21-25-29-33(30-26-22-18-14-10-6-2,31-27-23-19-15-11-7-3)32-28-24-20-16-12-8-4;2-1(3,4)5/h5-32H2,1-4H3;/q+1;-1. The lowest BCUT2D eigenvalue weighted by atomic mass is 10.1. The van der Waals surface area contributed by atoms with Crippen LogP contribution in [0.25, 0.3) is 0 Å². The summed E-state index contributed by atoms with van der Waals surface area (Å²) in [5, 5.41) is 0. The van der Waals surface area contributed by atoms with Crippen molar-refractivity contribution >= 4 is 14.5 Å². The third-order valence-corrected chi connectivity index (χ3v) is 13.0. The van der Waals surface area contributed by atoms with Gasteiger partial charge < -0.3 is 17.3 Å². The van der Waals surface area contributed by atoms with Crippen LogP contribution in [0, 0.1) is 0 Å². The fraction of sp³-hybridized carbons (Fsp3) is 1.00. The minimum absolute atomic E-state index is 0.718. The van der Waals surface area contributed by atoms with Crippen LogP contribution in [-0.4, -0.2) is 31.9 Å². The molecule has 0 aliphatic rings. The molecular weight excluding hydrogens is 502 g/mol. The number of rotatable bonds is 28. The highest BCUT2D eigenvalue weighted by atomic mass is 31.2. The predicted molar refractivity (Wildman–Crippen MR) is 170 cm³/mol. The molecule has 0 aliphatic heterocycles. The van der Waals surface area contributed by atoms with E-state index < -0.39 is 14.5 Å². The SMILES string of the molecule is CCCCCCCC[P+](CCCCCCCC)(CCCCCCCC)CCCCCCCC.F[B-](F)(F)F. The van der Waals surface area contributed by atoms with Crippen molar-refractivity contribution in [3.05, 3.63) is 0 Å². The van der Waals surface area contributed by atoms with Crippen LogP contribution in [0.5, 0.6) is 0 Å². The second-order valence-corrected chi connectivity index (χ2v) is 16.3. The summed E-state index contributed by atoms with van der Waals surface area (Å²) in [7, 11) is -6.72. The highest BCUT2D eigenvalue weighted by Crippen LogP contribution is 2.61. The Balaban J connectivity index is 0. The Morgan fingerprint density at radius 2 is 0.474 bits per heavy atom. The second kappa shape index (κ2) is 30.2. The van der Waals surface area contributed by atoms with Crippen molar-refractivity contribution in [2.75, 3.05) is 24.6 Å². The van der Waals surface area contributed by atoms with E-state index in [1.165, 1.54) is 128 Å². The van der Waals surface area contributed by atoms with Gasteiger partial charge in [0.2, 0.25) is 0 Å². The number of unbranched alkanes of at least 4 members (excludes halogenated alkanes) is 20. The Hall–Kier alpha value is 0.215. The zero-order valence-electron chi connectivity index (χ0n) is 26.3. The molecule has 0 saturated carbocycles. The van der Waals surface area contributed by atoms with Gasteiger partial charge in [0.1, 0.15) is 0 Å². The van der Waals surface area contributed by atoms with Crippen LogP contribution in [0.2, 0.25) is 0 Å². The maximum Gasteiger partial charge on any atom is 0.673 e. The molecule has 0 rings (SSSR count). The number of halogens is 4. The summed E-state index contributed by atoms with van der Waals surface area (Å²) in [5.74, 6) is 0. The Bertz CT molecular complexity index is 370. The van der Waals surface area contributed by atoms with Gasteiger partial charge in [-0.15, -0.1) is 0 Å². The van der Waals surface area contributed by atoms with E-state index in [-0.39, 0.29) is 0 Å². The summed E-state index contributed by atoms with van der Waals surface area (Å²) in [6.07, 6.45) is 42.1. The van der Waals surface area contributed by atoms with Crippen LogP contribution in [0.15, 0.2) is 0 Å². The molecule has 0 aromatic carbocycles. The monoisotopic (exact) mass is 571 g/mol. The molecular formula is C32H68BF4P. The molecule has 0 bridgehead atoms. The molecule has 6 heteroatoms. The van der Waals surface area contributed by atoms with E-state index in [0.717, 1.165) is 0 Å². The van der Waals surface area contributed by atoms with E-state index in [2.05, 4.69) is 27.7 Å². The normalized spacial score (nSPS) is 12.0. The Morgan fingerprint density at radius 3 is 0.658 bits per heavy atom. The summed E-state index contributed by atoms with van der Waals surface area (Å²) < 4.78 is 39.0. The second-order valence-electron chi connectivity index (χ2n) is 11.8. The van der Waals surface area contributed by atoms with Crippen LogP contribution >= 0.6 is 7.26 Å². The number of hydrogen-bond donors (Lipinski definition) is 0. The molecule has 0 amide bonds. The predicted octanol–water partition coefficient (Wildman–Crippen LogP) is 13.7. The molecule has 0 saturated heterocycles. The number of hydrogen-bond acceptors (Lipinski definition) is 0. The lowest BCUT2D eigenvalue weighted by Gasteiger charge is -2.28. The van der Waals surface area contributed by atoms with E-state index in [1.807, 2.05) is 0 Å². The van der Waals surface area contributed by atoms with E-state index in [1.54, 1.807) is 50.3 Å². The molecule has 0 spiro atoms. The van der Waals surface area contributed by atoms with E-state index in [0.29, 0.717) is 0 Å². The maximum atomic E-state index is 9.75. The van der Waals surface area contributed by atoms with Crippen molar-refractivity contribution in [1.82, 2.24) is 0 Å². The molecule has 38 heavy (non-hydrogen) atoms. The minimum Gasteiger partial charge on any atom is -0.418 e. The van der Waals surface area contributed by atoms with Gasteiger partial charge in [-0.3, -0.25) is 0 Å². The Morgan fingerprint density at radius 1 is 0.316 bits per heavy atom. The van der Waals surface area contributed by atoms with Crippen molar-refractivity contribution in [2.45, 2.75) is 182 Å². The summed E-state index contributed by atoms with van der Waals surface area (Å²) in [6, 6.07) is 0. The van der Waals surface area contributed by atoms with Crippen LogP contribution < -0.4 is 0 Å². The third-order valence-electron chi connectivity index (χ3n) is 7.94. The molecule has 0 aromatic rings. The van der Waals surface area contributed by atoms with Crippen molar-refractivity contribution in [3.8, 4) is 0 Å². The van der Waals surface area contributed by atoms with E-state index in [4.69, 9.17) is 0 Å². The van der Waals surface area contributed by atoms with Gasteiger partial charge in [0.15, 0.2) is 0 Å². The highest BCUT2D eigenvalue weighted by Gasteiger charge is 2.34. The van der Waals surface area contributed by atoms with Crippen LogP contribution in [0.4, 0.5) is 17.3 Å². The zero-order valence-corrected chi connectivity index (χ0v) is 27.2. The smallest absolute Gasteiger partial charge is 0.418 e. The first kappa shape index (κ1) is 40.4. The first-order valence-electron chi connectivity index (χ1n) is 17.0. The first-order chi connectivity index (χ1) is 18.2. The van der Waals surface area contributed by atoms with Gasteiger partial charge in [0.05, 0.1) is 24.6 Å². The fourth-order valence-electron chi connectivity index (χ4n) is 5.58. The fourth-order valence-corrected chi connectivity index (χ4v) is 10.5. The molecule has 0 fully saturated rings. The summed E-state index contributed by atoms with van der Waals surface area (Å²) >= 11 is 0. The van der Waals surface area contributed by atoms with Gasteiger partial charge in [0, 0.05) is 7.26 Å². The van der Waals surface area contributed by atoms with Crippen molar-refractivity contribution in [3.63, 3.8) is 0 Å². The first-order valence-corrected chi connectivity index (χ1v) is 19.5. The molecule has 232 valence electrons. The zero-order chi connectivity index (χ0) is 28.8. The van der Waals surface area contributed by atoms with Gasteiger partial charge in [-0.1, -0.05) is 130 Å². The highest BCUT2D eigenvalue weighted by molar-refractivity contribution is 7.75. The molecule has 0 N–H and O–H groups in total. The minimum atomic E-state index is -6.00.